The van der Waals surface area contributed by atoms with E-state index in [9.17, 15) is 38.4 Å². The van der Waals surface area contributed by atoms with Crippen molar-refractivity contribution in [2.75, 3.05) is 38.7 Å². The molecule has 0 saturated carbocycles. The number of nitrogens with one attached hydrogen (secondary N) is 4. The van der Waals surface area contributed by atoms with Crippen molar-refractivity contribution in [1.82, 2.24) is 45.1 Å². The van der Waals surface area contributed by atoms with Gasteiger partial charge in [-0.1, -0.05) is 18.2 Å². The van der Waals surface area contributed by atoms with E-state index in [0.717, 1.165) is 10.5 Å². The molecule has 4 heterocycles. The van der Waals surface area contributed by atoms with Gasteiger partial charge in [0.15, 0.2) is 6.61 Å². The zero-order valence-electron chi connectivity index (χ0n) is 35.8. The number of imidazole rings is 1. The number of aryl methyl sites for hydroxylation is 3. The second kappa shape index (κ2) is 19.5. The van der Waals surface area contributed by atoms with Crippen LogP contribution in [-0.2, 0) is 34.0 Å². The molecule has 0 bridgehead atoms. The van der Waals surface area contributed by atoms with E-state index < -0.39 is 54.0 Å². The van der Waals surface area contributed by atoms with E-state index in [1.54, 1.807) is 61.1 Å². The summed E-state index contributed by atoms with van der Waals surface area (Å²) in [5, 5.41) is 15.0. The molecule has 0 aliphatic carbocycles. The molecule has 2 aliphatic heterocycles. The normalized spacial score (nSPS) is 14.5. The first-order valence-electron chi connectivity index (χ1n) is 20.8. The third-order valence-corrected chi connectivity index (χ3v) is 10.7. The van der Waals surface area contributed by atoms with Crippen molar-refractivity contribution in [3.8, 4) is 11.5 Å². The van der Waals surface area contributed by atoms with Crippen molar-refractivity contribution in [3.63, 3.8) is 0 Å². The fraction of sp³-hybridized carbons (Fsp3) is 0.318. The van der Waals surface area contributed by atoms with Crippen molar-refractivity contribution in [1.29, 1.82) is 0 Å². The van der Waals surface area contributed by atoms with E-state index >= 15 is 0 Å². The number of fused-ring (bicyclic) bond motifs is 2. The van der Waals surface area contributed by atoms with Crippen LogP contribution < -0.4 is 36.5 Å². The first-order valence-corrected chi connectivity index (χ1v) is 20.8. The summed E-state index contributed by atoms with van der Waals surface area (Å²) in [7, 11) is 1.66. The van der Waals surface area contributed by atoms with E-state index in [1.807, 2.05) is 17.6 Å². The van der Waals surface area contributed by atoms with Crippen LogP contribution in [0.3, 0.4) is 0 Å². The van der Waals surface area contributed by atoms with Crippen LogP contribution in [0.1, 0.15) is 79.0 Å². The van der Waals surface area contributed by atoms with Gasteiger partial charge < -0.3 is 35.3 Å². The van der Waals surface area contributed by atoms with Crippen molar-refractivity contribution in [2.24, 2.45) is 5.73 Å². The topological polar surface area (TPSA) is 271 Å². The van der Waals surface area contributed by atoms with Gasteiger partial charge in [-0.05, 0) is 80.8 Å². The summed E-state index contributed by atoms with van der Waals surface area (Å²) in [5.41, 5.74) is 8.74. The fourth-order valence-electron chi connectivity index (χ4n) is 7.54. The minimum absolute atomic E-state index is 0.00629. The molecule has 0 radical (unpaired) electrons. The van der Waals surface area contributed by atoms with E-state index in [4.69, 9.17) is 15.2 Å². The van der Waals surface area contributed by atoms with Gasteiger partial charge in [0.2, 0.25) is 23.7 Å². The number of carbonyl (C=O) groups excluding carboxylic acids is 8. The largest absolute Gasteiger partial charge is 0.492 e. The molecule has 21 heteroatoms. The Kier molecular flexibility index (Phi) is 13.5. The van der Waals surface area contributed by atoms with Crippen LogP contribution in [0.2, 0.25) is 0 Å². The van der Waals surface area contributed by atoms with Crippen LogP contribution >= 0.6 is 0 Å². The molecule has 0 spiro atoms. The second-order valence-electron chi connectivity index (χ2n) is 15.3. The molecule has 338 valence electrons. The van der Waals surface area contributed by atoms with Crippen LogP contribution in [0.4, 0.5) is 10.7 Å². The molecule has 65 heavy (non-hydrogen) atoms. The fourth-order valence-corrected chi connectivity index (χ4v) is 7.54. The number of hydrogen-bond donors (Lipinski definition) is 5. The molecule has 2 aliphatic rings. The average Bonchev–Trinajstić information content (AvgIpc) is 3.92. The Morgan fingerprint density at radius 2 is 1.75 bits per heavy atom. The third kappa shape index (κ3) is 10.1. The van der Waals surface area contributed by atoms with Gasteiger partial charge in [0.05, 0.1) is 34.4 Å². The van der Waals surface area contributed by atoms with Gasteiger partial charge in [-0.25, -0.2) is 9.78 Å². The number of urea groups is 1. The van der Waals surface area contributed by atoms with Gasteiger partial charge in [-0.2, -0.15) is 5.10 Å². The molecular formula is C44H47N11O10. The van der Waals surface area contributed by atoms with E-state index in [2.05, 4.69) is 31.3 Å². The Labute approximate surface area is 371 Å². The predicted molar refractivity (Wildman–Crippen MR) is 232 cm³/mol. The number of nitrogens with two attached hydrogens (primary N) is 1. The van der Waals surface area contributed by atoms with Gasteiger partial charge in [0.25, 0.3) is 23.6 Å². The SMILES string of the molecule is CCn1nc(C)cc1C(=O)Nc1nc2cc(C(N)=O)ccc2n1CCCNC(=O)N(C)Cc1cccc(OCCNC(=O)COc2cccc3c2C(=O)N(C2CCC(=O)NC2=O)C3=O)c1. The highest BCUT2D eigenvalue weighted by atomic mass is 16.5. The van der Waals surface area contributed by atoms with Crippen molar-refractivity contribution in [2.45, 2.75) is 58.8 Å². The predicted octanol–water partition coefficient (Wildman–Crippen LogP) is 2.12. The highest BCUT2D eigenvalue weighted by molar-refractivity contribution is 6.24. The lowest BCUT2D eigenvalue weighted by Gasteiger charge is -2.27. The lowest BCUT2D eigenvalue weighted by Crippen LogP contribution is -2.54. The van der Waals surface area contributed by atoms with Gasteiger partial charge in [0, 0.05) is 45.2 Å². The van der Waals surface area contributed by atoms with Gasteiger partial charge in [-0.3, -0.25) is 53.8 Å². The quantitative estimate of drug-likeness (QED) is 0.0626. The Hall–Kier alpha value is -8.10. The highest BCUT2D eigenvalue weighted by Crippen LogP contribution is 2.33. The number of aromatic nitrogens is 4. The molecule has 21 nitrogen and oxygen atoms in total. The maximum Gasteiger partial charge on any atom is 0.317 e. The second-order valence-corrected chi connectivity index (χ2v) is 15.3. The van der Waals surface area contributed by atoms with E-state index in [0.29, 0.717) is 54.2 Å². The Morgan fingerprint density at radius 3 is 2.52 bits per heavy atom. The van der Waals surface area contributed by atoms with Crippen LogP contribution in [0.25, 0.3) is 11.0 Å². The lowest BCUT2D eigenvalue weighted by molar-refractivity contribution is -0.136. The maximum atomic E-state index is 13.3. The number of amides is 9. The Bertz CT molecular complexity index is 2730. The average molecular weight is 890 g/mol. The van der Waals surface area contributed by atoms with Crippen LogP contribution in [-0.4, -0.2) is 116 Å². The summed E-state index contributed by atoms with van der Waals surface area (Å²) in [5.74, 6) is -3.37. The standard InChI is InChI=1S/C44H47N11O10/c1-4-54-33(20-25(2)51-54)40(60)50-43-48-30-22-27(38(45)58)12-13-31(30)53(43)18-7-16-47-44(63)52(3)23-26-8-5-9-28(21-26)64-19-17-46-36(57)24-65-34-11-6-10-29-37(34)42(62)55(41(29)61)32-14-15-35(56)49-39(32)59/h5-6,8-13,20-22,32H,4,7,14-19,23-24H2,1-3H3,(H2,45,58)(H,46,57)(H,47,63)(H,48,50,60)(H,49,56,59). The number of carbonyl (C=O) groups is 8. The Morgan fingerprint density at radius 1 is 0.954 bits per heavy atom. The smallest absolute Gasteiger partial charge is 0.317 e. The summed E-state index contributed by atoms with van der Waals surface area (Å²) >= 11 is 0. The zero-order valence-corrected chi connectivity index (χ0v) is 35.8. The molecule has 1 fully saturated rings. The monoisotopic (exact) mass is 889 g/mol. The Balaban J connectivity index is 0.854. The summed E-state index contributed by atoms with van der Waals surface area (Å²) < 4.78 is 14.9. The number of rotatable bonds is 18. The van der Waals surface area contributed by atoms with Crippen molar-refractivity contribution >= 4 is 64.4 Å². The third-order valence-electron chi connectivity index (χ3n) is 10.7. The van der Waals surface area contributed by atoms with Gasteiger partial charge in [0.1, 0.15) is 29.8 Å². The number of ether oxygens (including phenoxy) is 2. The number of piperidine rings is 1. The maximum absolute atomic E-state index is 13.3. The molecule has 1 unspecified atom stereocenters. The first kappa shape index (κ1) is 44.9. The first-order chi connectivity index (χ1) is 31.2. The number of benzene rings is 3. The van der Waals surface area contributed by atoms with E-state index in [-0.39, 0.29) is 67.0 Å². The molecule has 2 aromatic heterocycles. The van der Waals surface area contributed by atoms with Crippen LogP contribution in [0.15, 0.2) is 66.7 Å². The number of nitrogens with zero attached hydrogens (tertiary/aromatic N) is 6. The number of imide groups is 2. The van der Waals surface area contributed by atoms with E-state index in [1.165, 1.54) is 23.1 Å². The number of primary amides is 1. The number of anilines is 1. The lowest BCUT2D eigenvalue weighted by atomic mass is 10.0. The molecule has 9 amide bonds. The molecule has 3 aromatic carbocycles. The molecular weight excluding hydrogens is 843 g/mol. The molecule has 1 atom stereocenters. The summed E-state index contributed by atoms with van der Waals surface area (Å²) in [6, 6.07) is 16.6. The minimum Gasteiger partial charge on any atom is -0.492 e. The summed E-state index contributed by atoms with van der Waals surface area (Å²) in [6.07, 6.45) is 0.471. The summed E-state index contributed by atoms with van der Waals surface area (Å²) in [4.78, 5) is 108. The van der Waals surface area contributed by atoms with Crippen molar-refractivity contribution < 1.29 is 47.8 Å². The zero-order chi connectivity index (χ0) is 46.4. The van der Waals surface area contributed by atoms with Gasteiger partial charge in [-0.15, -0.1) is 0 Å². The molecule has 7 rings (SSSR count). The highest BCUT2D eigenvalue weighted by Gasteiger charge is 2.46. The molecule has 6 N–H and O–H groups in total. The molecule has 5 aromatic rings. The van der Waals surface area contributed by atoms with Crippen LogP contribution in [0.5, 0.6) is 11.5 Å². The van der Waals surface area contributed by atoms with Crippen LogP contribution in [0, 0.1) is 6.92 Å². The van der Waals surface area contributed by atoms with Crippen molar-refractivity contribution in [3.05, 3.63) is 100 Å². The molecule has 1 saturated heterocycles. The number of hydrogen-bond acceptors (Lipinski definition) is 12. The van der Waals surface area contributed by atoms with Gasteiger partial charge >= 0.3 is 6.03 Å². The minimum atomic E-state index is -1.13. The summed E-state index contributed by atoms with van der Waals surface area (Å²) in [6.45, 7) is 4.87.